The van der Waals surface area contributed by atoms with E-state index in [1.165, 1.54) is 57.8 Å². The van der Waals surface area contributed by atoms with Crippen molar-refractivity contribution in [2.45, 2.75) is 91.1 Å². The summed E-state index contributed by atoms with van der Waals surface area (Å²) in [7, 11) is 0. The first-order valence-electron chi connectivity index (χ1n) is 13.8. The number of esters is 1. The highest BCUT2D eigenvalue weighted by molar-refractivity contribution is 5.74. The first-order valence-corrected chi connectivity index (χ1v) is 13.8. The third-order valence-corrected chi connectivity index (χ3v) is 7.18. The minimum absolute atomic E-state index is 0.350. The summed E-state index contributed by atoms with van der Waals surface area (Å²) < 4.78 is 16.7. The number of benzene rings is 2. The molecule has 4 nitrogen and oxygen atoms in total. The molecule has 0 aromatic heterocycles. The zero-order valence-electron chi connectivity index (χ0n) is 22.0. The molecule has 192 valence electrons. The van der Waals surface area contributed by atoms with Crippen LogP contribution in [-0.2, 0) is 9.53 Å². The fourth-order valence-electron chi connectivity index (χ4n) is 5.04. The fourth-order valence-corrected chi connectivity index (χ4v) is 5.04. The van der Waals surface area contributed by atoms with Crippen molar-refractivity contribution in [3.8, 4) is 22.6 Å². The molecular weight excluding hydrogens is 436 g/mol. The molecule has 1 atom stereocenters. The quantitative estimate of drug-likeness (QED) is 0.202. The predicted octanol–water partition coefficient (Wildman–Crippen LogP) is 8.23. The number of ether oxygens (including phenoxy) is 3. The van der Waals surface area contributed by atoms with Gasteiger partial charge in [-0.3, -0.25) is 0 Å². The van der Waals surface area contributed by atoms with Crippen molar-refractivity contribution < 1.29 is 19.0 Å². The van der Waals surface area contributed by atoms with Crippen molar-refractivity contribution in [3.05, 3.63) is 48.5 Å². The SMILES string of the molecule is CCCCCC1CCC(CCCOc2ccc(-c3ccc(O[C@H](C)C(=O)OCC)cc3)cc2)CC1. The maximum atomic E-state index is 11.7. The van der Waals surface area contributed by atoms with E-state index in [1.54, 1.807) is 13.8 Å². The Labute approximate surface area is 212 Å². The lowest BCUT2D eigenvalue weighted by atomic mass is 9.78. The van der Waals surface area contributed by atoms with Gasteiger partial charge in [-0.25, -0.2) is 4.79 Å². The molecule has 0 heterocycles. The Morgan fingerprint density at radius 3 is 1.89 bits per heavy atom. The molecule has 1 saturated carbocycles. The van der Waals surface area contributed by atoms with E-state index >= 15 is 0 Å². The summed E-state index contributed by atoms with van der Waals surface area (Å²) in [4.78, 5) is 11.7. The second-order valence-corrected chi connectivity index (χ2v) is 9.93. The van der Waals surface area contributed by atoms with Gasteiger partial charge in [0.15, 0.2) is 6.10 Å². The van der Waals surface area contributed by atoms with Crippen LogP contribution in [0.2, 0.25) is 0 Å². The van der Waals surface area contributed by atoms with E-state index in [1.807, 2.05) is 36.4 Å². The molecule has 4 heteroatoms. The number of rotatable bonds is 14. The van der Waals surface area contributed by atoms with Crippen LogP contribution in [0.25, 0.3) is 11.1 Å². The Bertz CT molecular complexity index is 851. The van der Waals surface area contributed by atoms with E-state index in [2.05, 4.69) is 19.1 Å². The van der Waals surface area contributed by atoms with E-state index in [4.69, 9.17) is 14.2 Å². The molecule has 2 aromatic carbocycles. The van der Waals surface area contributed by atoms with E-state index in [0.717, 1.165) is 41.7 Å². The highest BCUT2D eigenvalue weighted by Gasteiger charge is 2.20. The van der Waals surface area contributed by atoms with E-state index in [-0.39, 0.29) is 5.97 Å². The maximum absolute atomic E-state index is 11.7. The molecule has 35 heavy (non-hydrogen) atoms. The zero-order chi connectivity index (χ0) is 24.9. The molecule has 0 radical (unpaired) electrons. The number of hydrogen-bond acceptors (Lipinski definition) is 4. The van der Waals surface area contributed by atoms with E-state index < -0.39 is 6.10 Å². The Balaban J connectivity index is 1.35. The lowest BCUT2D eigenvalue weighted by molar-refractivity contribution is -0.150. The van der Waals surface area contributed by atoms with Crippen LogP contribution in [-0.4, -0.2) is 25.3 Å². The third kappa shape index (κ3) is 9.23. The molecular formula is C31H44O4. The molecule has 0 amide bonds. The lowest BCUT2D eigenvalue weighted by Crippen LogP contribution is -2.25. The minimum atomic E-state index is -0.622. The summed E-state index contributed by atoms with van der Waals surface area (Å²) in [6, 6.07) is 16.0. The van der Waals surface area contributed by atoms with E-state index in [0.29, 0.717) is 12.4 Å². The van der Waals surface area contributed by atoms with Crippen molar-refractivity contribution in [1.82, 2.24) is 0 Å². The molecule has 1 aliphatic carbocycles. The largest absolute Gasteiger partial charge is 0.494 e. The standard InChI is InChI=1S/C31H44O4/c1-4-6-7-9-25-11-13-26(14-12-25)10-8-23-34-29-19-15-27(16-20-29)28-17-21-30(22-18-28)35-24(3)31(32)33-5-2/h15-22,24-26H,4-14,23H2,1-3H3/t24-,25?,26?/m1/s1. The van der Waals surface area contributed by atoms with Crippen molar-refractivity contribution in [2.24, 2.45) is 11.8 Å². The number of carbonyl (C=O) groups is 1. The zero-order valence-corrected chi connectivity index (χ0v) is 22.0. The van der Waals surface area contributed by atoms with Gasteiger partial charge in [0, 0.05) is 0 Å². The van der Waals surface area contributed by atoms with Gasteiger partial charge in [0.25, 0.3) is 0 Å². The number of hydrogen-bond donors (Lipinski definition) is 0. The minimum Gasteiger partial charge on any atom is -0.494 e. The molecule has 0 aliphatic heterocycles. The van der Waals surface area contributed by atoms with Gasteiger partial charge in [-0.15, -0.1) is 0 Å². The summed E-state index contributed by atoms with van der Waals surface area (Å²) in [5.74, 6) is 3.12. The van der Waals surface area contributed by atoms with Gasteiger partial charge < -0.3 is 14.2 Å². The topological polar surface area (TPSA) is 44.8 Å². The molecule has 2 aromatic rings. The summed E-state index contributed by atoms with van der Waals surface area (Å²) in [6.07, 6.45) is 13.1. The summed E-state index contributed by atoms with van der Waals surface area (Å²) in [5, 5.41) is 0. The van der Waals surface area contributed by atoms with Crippen LogP contribution in [0.3, 0.4) is 0 Å². The normalized spacial score (nSPS) is 18.6. The summed E-state index contributed by atoms with van der Waals surface area (Å²) >= 11 is 0. The van der Waals surface area contributed by atoms with Gasteiger partial charge >= 0.3 is 5.97 Å². The Kier molecular flexibility index (Phi) is 11.5. The van der Waals surface area contributed by atoms with Crippen molar-refractivity contribution in [2.75, 3.05) is 13.2 Å². The average molecular weight is 481 g/mol. The van der Waals surface area contributed by atoms with Crippen LogP contribution in [0.5, 0.6) is 11.5 Å². The number of carbonyl (C=O) groups excluding carboxylic acids is 1. The van der Waals surface area contributed by atoms with Crippen LogP contribution in [0.1, 0.15) is 85.0 Å². The second-order valence-electron chi connectivity index (χ2n) is 9.93. The molecule has 0 saturated heterocycles. The van der Waals surface area contributed by atoms with Gasteiger partial charge in [0.1, 0.15) is 11.5 Å². The van der Waals surface area contributed by atoms with Crippen LogP contribution in [0, 0.1) is 11.8 Å². The van der Waals surface area contributed by atoms with Crippen molar-refractivity contribution in [3.63, 3.8) is 0 Å². The molecule has 0 bridgehead atoms. The highest BCUT2D eigenvalue weighted by atomic mass is 16.6. The van der Waals surface area contributed by atoms with Crippen LogP contribution in [0.15, 0.2) is 48.5 Å². The Hall–Kier alpha value is -2.49. The van der Waals surface area contributed by atoms with Crippen LogP contribution < -0.4 is 9.47 Å². The first-order chi connectivity index (χ1) is 17.1. The monoisotopic (exact) mass is 480 g/mol. The third-order valence-electron chi connectivity index (χ3n) is 7.18. The molecule has 3 rings (SSSR count). The van der Waals surface area contributed by atoms with Gasteiger partial charge in [0.2, 0.25) is 0 Å². The Morgan fingerprint density at radius 1 is 0.800 bits per heavy atom. The fraction of sp³-hybridized carbons (Fsp3) is 0.581. The van der Waals surface area contributed by atoms with Crippen molar-refractivity contribution >= 4 is 5.97 Å². The summed E-state index contributed by atoms with van der Waals surface area (Å²) in [5.41, 5.74) is 2.22. The first kappa shape index (κ1) is 27.1. The molecule has 0 unspecified atom stereocenters. The van der Waals surface area contributed by atoms with Gasteiger partial charge in [-0.05, 0) is 73.9 Å². The lowest BCUT2D eigenvalue weighted by Gasteiger charge is -2.28. The Morgan fingerprint density at radius 2 is 1.34 bits per heavy atom. The van der Waals surface area contributed by atoms with Gasteiger partial charge in [-0.2, -0.15) is 0 Å². The second kappa shape index (κ2) is 14.8. The smallest absolute Gasteiger partial charge is 0.347 e. The molecule has 0 N–H and O–H groups in total. The highest BCUT2D eigenvalue weighted by Crippen LogP contribution is 2.34. The molecule has 1 aliphatic rings. The van der Waals surface area contributed by atoms with E-state index in [9.17, 15) is 4.79 Å². The average Bonchev–Trinajstić information content (AvgIpc) is 2.88. The van der Waals surface area contributed by atoms with Crippen LogP contribution >= 0.6 is 0 Å². The predicted molar refractivity (Wildman–Crippen MR) is 143 cm³/mol. The van der Waals surface area contributed by atoms with Crippen molar-refractivity contribution in [1.29, 1.82) is 0 Å². The van der Waals surface area contributed by atoms with Crippen LogP contribution in [0.4, 0.5) is 0 Å². The molecule has 1 fully saturated rings. The number of unbranched alkanes of at least 4 members (excludes halogenated alkanes) is 2. The van der Waals surface area contributed by atoms with Gasteiger partial charge in [0.05, 0.1) is 13.2 Å². The molecule has 0 spiro atoms. The summed E-state index contributed by atoms with van der Waals surface area (Å²) in [6.45, 7) is 6.92. The van der Waals surface area contributed by atoms with Gasteiger partial charge in [-0.1, -0.05) is 82.6 Å². The maximum Gasteiger partial charge on any atom is 0.347 e.